The molecular weight excluding hydrogens is 566 g/mol. The summed E-state index contributed by atoms with van der Waals surface area (Å²) in [6.07, 6.45) is 47.8. The third-order valence-electron chi connectivity index (χ3n) is 8.64. The van der Waals surface area contributed by atoms with Crippen LogP contribution >= 0.6 is 0 Å². The van der Waals surface area contributed by atoms with E-state index in [0.717, 1.165) is 45.1 Å². The maximum atomic E-state index is 12.6. The number of esters is 1. The largest absolute Gasteiger partial charge is 0.460 e. The Morgan fingerprint density at radius 2 is 0.935 bits per heavy atom. The van der Waals surface area contributed by atoms with Crippen LogP contribution in [0.4, 0.5) is 0 Å². The van der Waals surface area contributed by atoms with Crippen molar-refractivity contribution in [2.24, 2.45) is 0 Å². The van der Waals surface area contributed by atoms with E-state index < -0.39 is 0 Å². The van der Waals surface area contributed by atoms with Gasteiger partial charge in [-0.15, -0.1) is 0 Å². The molecule has 0 aliphatic carbocycles. The summed E-state index contributed by atoms with van der Waals surface area (Å²) in [5.74, 6) is -0.0941. The van der Waals surface area contributed by atoms with Gasteiger partial charge in [0.1, 0.15) is 6.10 Å². The number of allylic oxidation sites excluding steroid dienone is 8. The molecule has 0 aromatic heterocycles. The molecule has 0 radical (unpaired) electrons. The minimum absolute atomic E-state index is 0.00732. The van der Waals surface area contributed by atoms with Gasteiger partial charge in [-0.3, -0.25) is 4.79 Å². The number of hydrogen-bond donors (Lipinski definition) is 0. The lowest BCUT2D eigenvalue weighted by Crippen LogP contribution is -2.34. The first kappa shape index (κ1) is 44.4. The van der Waals surface area contributed by atoms with E-state index in [9.17, 15) is 4.79 Å². The zero-order valence-corrected chi connectivity index (χ0v) is 31.3. The predicted octanol–water partition coefficient (Wildman–Crippen LogP) is 12.5. The molecule has 0 N–H and O–H groups in total. The molecule has 0 heterocycles. The lowest BCUT2D eigenvalue weighted by Gasteiger charge is -2.26. The molecule has 0 rings (SSSR count). The molecule has 0 aromatic carbocycles. The average molecular weight is 644 g/mol. The second-order valence-electron chi connectivity index (χ2n) is 13.4. The van der Waals surface area contributed by atoms with Gasteiger partial charge in [-0.1, -0.05) is 133 Å². The minimum Gasteiger partial charge on any atom is -0.460 e. The topological polar surface area (TPSA) is 38.8 Å². The Morgan fingerprint density at radius 1 is 0.543 bits per heavy atom. The summed E-state index contributed by atoms with van der Waals surface area (Å²) in [5, 5.41) is 0. The van der Waals surface area contributed by atoms with Crippen molar-refractivity contribution >= 4 is 5.97 Å². The summed E-state index contributed by atoms with van der Waals surface area (Å²) in [6.45, 7) is 5.23. The second kappa shape index (κ2) is 36.2. The van der Waals surface area contributed by atoms with E-state index in [-0.39, 0.29) is 18.2 Å². The van der Waals surface area contributed by atoms with Crippen LogP contribution in [0.15, 0.2) is 48.6 Å². The van der Waals surface area contributed by atoms with Crippen LogP contribution in [0.3, 0.4) is 0 Å². The van der Waals surface area contributed by atoms with E-state index in [1.165, 1.54) is 116 Å². The molecule has 4 heteroatoms. The van der Waals surface area contributed by atoms with Gasteiger partial charge in [0.05, 0.1) is 12.5 Å². The van der Waals surface area contributed by atoms with Gasteiger partial charge in [0.15, 0.2) is 0 Å². The van der Waals surface area contributed by atoms with Crippen LogP contribution in [-0.2, 0) is 14.3 Å². The fourth-order valence-electron chi connectivity index (χ4n) is 5.63. The maximum Gasteiger partial charge on any atom is 0.307 e. The van der Waals surface area contributed by atoms with Crippen LogP contribution in [0.1, 0.15) is 174 Å². The third kappa shape index (κ3) is 32.3. The van der Waals surface area contributed by atoms with Crippen molar-refractivity contribution < 1.29 is 14.3 Å². The number of unbranched alkanes of at least 4 members (excludes halogenated alkanes) is 16. The fourth-order valence-corrected chi connectivity index (χ4v) is 5.63. The Morgan fingerprint density at radius 3 is 1.35 bits per heavy atom. The van der Waals surface area contributed by atoms with Gasteiger partial charge >= 0.3 is 5.97 Å². The van der Waals surface area contributed by atoms with Crippen molar-refractivity contribution in [1.82, 2.24) is 4.90 Å². The van der Waals surface area contributed by atoms with Crippen molar-refractivity contribution in [3.05, 3.63) is 48.6 Å². The van der Waals surface area contributed by atoms with Gasteiger partial charge in [-0.2, -0.15) is 0 Å². The molecule has 0 aliphatic heterocycles. The highest BCUT2D eigenvalue weighted by Gasteiger charge is 2.24. The number of carbonyl (C=O) groups excluding carboxylic acids is 1. The minimum atomic E-state index is -0.136. The summed E-state index contributed by atoms with van der Waals surface area (Å²) in [5.41, 5.74) is 0. The molecular formula is C42H77NO3. The van der Waals surface area contributed by atoms with Gasteiger partial charge in [-0.05, 0) is 97.6 Å². The Hall–Kier alpha value is -1.65. The van der Waals surface area contributed by atoms with Crippen LogP contribution in [0.5, 0.6) is 0 Å². The summed E-state index contributed by atoms with van der Waals surface area (Å²) in [6, 6.07) is 0. The average Bonchev–Trinajstić information content (AvgIpc) is 3.05. The van der Waals surface area contributed by atoms with Crippen molar-refractivity contribution in [1.29, 1.82) is 0 Å². The van der Waals surface area contributed by atoms with E-state index >= 15 is 0 Å². The van der Waals surface area contributed by atoms with E-state index in [1.807, 2.05) is 19.0 Å². The molecule has 2 unspecified atom stereocenters. The van der Waals surface area contributed by atoms with Gasteiger partial charge < -0.3 is 14.4 Å². The van der Waals surface area contributed by atoms with E-state index in [0.29, 0.717) is 6.42 Å². The Labute approximate surface area is 287 Å². The van der Waals surface area contributed by atoms with Crippen molar-refractivity contribution in [3.8, 4) is 0 Å². The zero-order valence-electron chi connectivity index (χ0n) is 31.3. The highest BCUT2D eigenvalue weighted by atomic mass is 16.6. The first-order chi connectivity index (χ1) is 22.5. The monoisotopic (exact) mass is 644 g/mol. The molecule has 0 aliphatic rings. The zero-order chi connectivity index (χ0) is 33.8. The Balaban J connectivity index is 4.26. The number of hydrogen-bond acceptors (Lipinski definition) is 4. The summed E-state index contributed by atoms with van der Waals surface area (Å²) < 4.78 is 11.9. The molecule has 0 spiro atoms. The number of methoxy groups -OCH3 is 1. The van der Waals surface area contributed by atoms with Gasteiger partial charge in [0, 0.05) is 13.7 Å². The summed E-state index contributed by atoms with van der Waals surface area (Å²) >= 11 is 0. The standard InChI is InChI=1S/C42H77NO3/c1-6-8-10-12-14-16-18-20-22-24-26-28-30-32-34-36-40(45-5)41(46-42(44)38-39-43(3)4)37-35-33-31-29-27-25-23-21-19-17-15-13-11-9-7-2/h14-17,20-23,40-41H,6-13,18-19,24-39H2,1-5H3/b16-14-,17-15-,22-20-,23-21-. The maximum absolute atomic E-state index is 12.6. The predicted molar refractivity (Wildman–Crippen MR) is 203 cm³/mol. The molecule has 0 fully saturated rings. The number of rotatable bonds is 34. The third-order valence-corrected chi connectivity index (χ3v) is 8.64. The van der Waals surface area contributed by atoms with Crippen LogP contribution in [0.25, 0.3) is 0 Å². The number of ether oxygens (including phenoxy) is 2. The molecule has 268 valence electrons. The normalized spacial score (nSPS) is 13.7. The quantitative estimate of drug-likeness (QED) is 0.0397. The van der Waals surface area contributed by atoms with Gasteiger partial charge in [0.25, 0.3) is 0 Å². The molecule has 0 aromatic rings. The van der Waals surface area contributed by atoms with Gasteiger partial charge in [0.2, 0.25) is 0 Å². The van der Waals surface area contributed by atoms with E-state index in [1.54, 1.807) is 7.11 Å². The summed E-state index contributed by atoms with van der Waals surface area (Å²) in [4.78, 5) is 14.7. The van der Waals surface area contributed by atoms with Crippen LogP contribution in [0.2, 0.25) is 0 Å². The Bertz CT molecular complexity index is 754. The molecule has 0 bridgehead atoms. The summed E-state index contributed by atoms with van der Waals surface area (Å²) in [7, 11) is 5.78. The lowest BCUT2D eigenvalue weighted by molar-refractivity contribution is -0.157. The van der Waals surface area contributed by atoms with Gasteiger partial charge in [-0.25, -0.2) is 0 Å². The second-order valence-corrected chi connectivity index (χ2v) is 13.4. The van der Waals surface area contributed by atoms with Crippen LogP contribution in [0, 0.1) is 0 Å². The number of carbonyl (C=O) groups is 1. The molecule has 46 heavy (non-hydrogen) atoms. The molecule has 0 saturated heterocycles. The molecule has 2 atom stereocenters. The molecule has 0 saturated carbocycles. The SMILES string of the molecule is CCCCC/C=C\C/C=C\CCCCCCCC(OC)C(CCCCCCC/C=C\C/C=C\CCCCC)OC(=O)CCN(C)C. The van der Waals surface area contributed by atoms with E-state index in [4.69, 9.17) is 9.47 Å². The first-order valence-electron chi connectivity index (χ1n) is 19.5. The first-order valence-corrected chi connectivity index (χ1v) is 19.5. The van der Waals surface area contributed by atoms with Crippen molar-refractivity contribution in [2.75, 3.05) is 27.7 Å². The van der Waals surface area contributed by atoms with Crippen LogP contribution in [-0.4, -0.2) is 50.8 Å². The smallest absolute Gasteiger partial charge is 0.307 e. The highest BCUT2D eigenvalue weighted by Crippen LogP contribution is 2.20. The van der Waals surface area contributed by atoms with E-state index in [2.05, 4.69) is 62.5 Å². The highest BCUT2D eigenvalue weighted by molar-refractivity contribution is 5.69. The Kier molecular flexibility index (Phi) is 34.9. The van der Waals surface area contributed by atoms with Crippen molar-refractivity contribution in [2.45, 2.75) is 187 Å². The fraction of sp³-hybridized carbons (Fsp3) is 0.786. The lowest BCUT2D eigenvalue weighted by atomic mass is 9.99. The number of nitrogens with zero attached hydrogens (tertiary/aromatic N) is 1. The molecule has 0 amide bonds. The molecule has 4 nitrogen and oxygen atoms in total. The van der Waals surface area contributed by atoms with Crippen molar-refractivity contribution in [3.63, 3.8) is 0 Å². The van der Waals surface area contributed by atoms with Crippen LogP contribution < -0.4 is 0 Å².